The van der Waals surface area contributed by atoms with Crippen molar-refractivity contribution in [3.05, 3.63) is 24.4 Å². The van der Waals surface area contributed by atoms with Gasteiger partial charge >= 0.3 is 0 Å². The zero-order valence-electron chi connectivity index (χ0n) is 9.86. The number of hydrogen-bond acceptors (Lipinski definition) is 3. The van der Waals surface area contributed by atoms with Crippen molar-refractivity contribution in [1.29, 1.82) is 0 Å². The van der Waals surface area contributed by atoms with E-state index in [4.69, 9.17) is 4.74 Å². The van der Waals surface area contributed by atoms with Crippen molar-refractivity contribution in [2.24, 2.45) is 0 Å². The minimum atomic E-state index is 0.479. The van der Waals surface area contributed by atoms with Crippen LogP contribution in [-0.2, 0) is 4.74 Å². The van der Waals surface area contributed by atoms with Gasteiger partial charge in [0.15, 0.2) is 0 Å². The van der Waals surface area contributed by atoms with Crippen LogP contribution < -0.4 is 5.32 Å². The summed E-state index contributed by atoms with van der Waals surface area (Å²) < 4.78 is 5.64. The first-order valence-corrected chi connectivity index (χ1v) is 6.17. The van der Waals surface area contributed by atoms with E-state index in [0.29, 0.717) is 12.1 Å². The number of pyridine rings is 1. The van der Waals surface area contributed by atoms with Gasteiger partial charge in [-0.05, 0) is 44.7 Å². The molecular formula is C13H20N2O. The highest BCUT2D eigenvalue weighted by Gasteiger charge is 2.21. The molecule has 0 aromatic carbocycles. The fourth-order valence-corrected chi connectivity index (χ4v) is 2.27. The molecule has 0 amide bonds. The van der Waals surface area contributed by atoms with Gasteiger partial charge in [-0.15, -0.1) is 0 Å². The number of ether oxygens (including phenoxy) is 1. The predicted molar refractivity (Wildman–Crippen MR) is 65.5 cm³/mol. The second kappa shape index (κ2) is 5.85. The van der Waals surface area contributed by atoms with E-state index in [0.717, 1.165) is 12.4 Å². The van der Waals surface area contributed by atoms with Crippen LogP contribution in [0.25, 0.3) is 0 Å². The lowest BCUT2D eigenvalue weighted by molar-refractivity contribution is 0.0346. The number of anilines is 1. The van der Waals surface area contributed by atoms with Gasteiger partial charge in [0.1, 0.15) is 5.82 Å². The quantitative estimate of drug-likeness (QED) is 0.847. The zero-order chi connectivity index (χ0) is 11.2. The van der Waals surface area contributed by atoms with E-state index >= 15 is 0 Å². The maximum atomic E-state index is 5.64. The first-order valence-electron chi connectivity index (χ1n) is 6.17. The number of nitrogens with zero attached hydrogens (tertiary/aromatic N) is 1. The average molecular weight is 220 g/mol. The second-order valence-electron chi connectivity index (χ2n) is 4.29. The fraction of sp³-hybridized carbons (Fsp3) is 0.615. The second-order valence-corrected chi connectivity index (χ2v) is 4.29. The third-order valence-corrected chi connectivity index (χ3v) is 3.09. The Morgan fingerprint density at radius 3 is 2.75 bits per heavy atom. The van der Waals surface area contributed by atoms with Crippen LogP contribution in [0.5, 0.6) is 0 Å². The smallest absolute Gasteiger partial charge is 0.126 e. The Morgan fingerprint density at radius 2 is 2.12 bits per heavy atom. The standard InChI is InChI=1S/C13H20N2O/c1-2-16-12-8-6-11(7-9-12)15-13-5-3-4-10-14-13/h3-5,10-12H,2,6-9H2,1H3,(H,14,15). The molecule has 2 rings (SSSR count). The molecule has 88 valence electrons. The summed E-state index contributed by atoms with van der Waals surface area (Å²) in [5.74, 6) is 0.988. The van der Waals surface area contributed by atoms with Crippen molar-refractivity contribution in [1.82, 2.24) is 4.98 Å². The van der Waals surface area contributed by atoms with Gasteiger partial charge in [0.2, 0.25) is 0 Å². The molecule has 1 aliphatic rings. The molecule has 0 atom stereocenters. The maximum Gasteiger partial charge on any atom is 0.126 e. The van der Waals surface area contributed by atoms with Crippen LogP contribution >= 0.6 is 0 Å². The summed E-state index contributed by atoms with van der Waals surface area (Å²) in [5.41, 5.74) is 0. The Bertz CT molecular complexity index is 294. The van der Waals surface area contributed by atoms with Gasteiger partial charge in [0.25, 0.3) is 0 Å². The highest BCUT2D eigenvalue weighted by molar-refractivity contribution is 5.34. The Hall–Kier alpha value is -1.09. The average Bonchev–Trinajstić information content (AvgIpc) is 2.33. The van der Waals surface area contributed by atoms with Gasteiger partial charge in [-0.1, -0.05) is 6.07 Å². The summed E-state index contributed by atoms with van der Waals surface area (Å²) in [6.07, 6.45) is 7.00. The Morgan fingerprint density at radius 1 is 1.31 bits per heavy atom. The Labute approximate surface area is 97.2 Å². The van der Waals surface area contributed by atoms with Crippen LogP contribution in [-0.4, -0.2) is 23.7 Å². The lowest BCUT2D eigenvalue weighted by Gasteiger charge is -2.29. The molecule has 0 saturated heterocycles. The van der Waals surface area contributed by atoms with Crippen molar-refractivity contribution in [2.45, 2.75) is 44.8 Å². The number of aromatic nitrogens is 1. The van der Waals surface area contributed by atoms with Gasteiger partial charge in [-0.25, -0.2) is 4.98 Å². The normalized spacial score (nSPS) is 25.3. The van der Waals surface area contributed by atoms with Gasteiger partial charge in [-0.2, -0.15) is 0 Å². The summed E-state index contributed by atoms with van der Waals surface area (Å²) in [6, 6.07) is 6.54. The molecule has 1 fully saturated rings. The summed E-state index contributed by atoms with van der Waals surface area (Å²) in [5, 5.41) is 3.48. The van der Waals surface area contributed by atoms with E-state index in [1.54, 1.807) is 0 Å². The van der Waals surface area contributed by atoms with Crippen LogP contribution in [0.15, 0.2) is 24.4 Å². The molecule has 1 aromatic rings. The third kappa shape index (κ3) is 3.20. The molecule has 3 nitrogen and oxygen atoms in total. The predicted octanol–water partition coefficient (Wildman–Crippen LogP) is 2.84. The summed E-state index contributed by atoms with van der Waals surface area (Å²) in [6.45, 7) is 2.90. The highest BCUT2D eigenvalue weighted by atomic mass is 16.5. The Kier molecular flexibility index (Phi) is 4.17. The van der Waals surface area contributed by atoms with Gasteiger partial charge < -0.3 is 10.1 Å². The monoisotopic (exact) mass is 220 g/mol. The van der Waals surface area contributed by atoms with E-state index in [1.165, 1.54) is 25.7 Å². The van der Waals surface area contributed by atoms with Crippen molar-refractivity contribution in [3.8, 4) is 0 Å². The van der Waals surface area contributed by atoms with E-state index < -0.39 is 0 Å². The first-order chi connectivity index (χ1) is 7.88. The van der Waals surface area contributed by atoms with Crippen LogP contribution in [0, 0.1) is 0 Å². The van der Waals surface area contributed by atoms with Crippen LogP contribution in [0.4, 0.5) is 5.82 Å². The molecule has 1 heterocycles. The summed E-state index contributed by atoms with van der Waals surface area (Å²) >= 11 is 0. The highest BCUT2D eigenvalue weighted by Crippen LogP contribution is 2.23. The minimum Gasteiger partial charge on any atom is -0.379 e. The van der Waals surface area contributed by atoms with Gasteiger partial charge in [0, 0.05) is 18.8 Å². The molecule has 1 N–H and O–H groups in total. The molecule has 3 heteroatoms. The van der Waals surface area contributed by atoms with Crippen LogP contribution in [0.1, 0.15) is 32.6 Å². The number of nitrogens with one attached hydrogen (secondary N) is 1. The van der Waals surface area contributed by atoms with Crippen molar-refractivity contribution in [2.75, 3.05) is 11.9 Å². The molecule has 0 spiro atoms. The first kappa shape index (κ1) is 11.4. The van der Waals surface area contributed by atoms with Crippen molar-refractivity contribution >= 4 is 5.82 Å². The molecule has 0 bridgehead atoms. The third-order valence-electron chi connectivity index (χ3n) is 3.09. The zero-order valence-corrected chi connectivity index (χ0v) is 9.86. The van der Waals surface area contributed by atoms with Gasteiger partial charge in [-0.3, -0.25) is 0 Å². The van der Waals surface area contributed by atoms with E-state index in [1.807, 2.05) is 24.4 Å². The summed E-state index contributed by atoms with van der Waals surface area (Å²) in [4.78, 5) is 4.29. The van der Waals surface area contributed by atoms with Crippen LogP contribution in [0.3, 0.4) is 0 Å². The molecule has 0 unspecified atom stereocenters. The molecule has 1 aromatic heterocycles. The topological polar surface area (TPSA) is 34.1 Å². The largest absolute Gasteiger partial charge is 0.379 e. The Balaban J connectivity index is 1.77. The van der Waals surface area contributed by atoms with E-state index in [2.05, 4.69) is 17.2 Å². The molecule has 0 radical (unpaired) electrons. The molecule has 1 saturated carbocycles. The summed E-state index contributed by atoms with van der Waals surface area (Å²) in [7, 11) is 0. The van der Waals surface area contributed by atoms with Crippen LogP contribution in [0.2, 0.25) is 0 Å². The molecule has 16 heavy (non-hydrogen) atoms. The molecular weight excluding hydrogens is 200 g/mol. The van der Waals surface area contributed by atoms with Crippen molar-refractivity contribution in [3.63, 3.8) is 0 Å². The van der Waals surface area contributed by atoms with Crippen molar-refractivity contribution < 1.29 is 4.74 Å². The van der Waals surface area contributed by atoms with E-state index in [9.17, 15) is 0 Å². The van der Waals surface area contributed by atoms with E-state index in [-0.39, 0.29) is 0 Å². The minimum absolute atomic E-state index is 0.479. The van der Waals surface area contributed by atoms with Gasteiger partial charge in [0.05, 0.1) is 6.10 Å². The molecule has 0 aliphatic heterocycles. The number of hydrogen-bond donors (Lipinski definition) is 1. The lowest BCUT2D eigenvalue weighted by atomic mass is 9.93. The lowest BCUT2D eigenvalue weighted by Crippen LogP contribution is -2.30. The fourth-order valence-electron chi connectivity index (χ4n) is 2.27. The number of rotatable bonds is 4. The maximum absolute atomic E-state index is 5.64. The molecule has 1 aliphatic carbocycles. The SMILES string of the molecule is CCOC1CCC(Nc2ccccn2)CC1.